The second kappa shape index (κ2) is 14.0. The Morgan fingerprint density at radius 2 is 1.29 bits per heavy atom. The van der Waals surface area contributed by atoms with E-state index >= 15 is 0 Å². The number of fused-ring (bicyclic) bond motifs is 3. The van der Waals surface area contributed by atoms with Gasteiger partial charge >= 0.3 is 0 Å². The summed E-state index contributed by atoms with van der Waals surface area (Å²) < 4.78 is 0. The average Bonchev–Trinajstić information content (AvgIpc) is 3.66. The maximum Gasteiger partial charge on any atom is 0.0211 e. The Morgan fingerprint density at radius 3 is 1.96 bits per heavy atom. The van der Waals surface area contributed by atoms with Gasteiger partial charge in [-0.2, -0.15) is 0 Å². The fourth-order valence-electron chi connectivity index (χ4n) is 9.68. The predicted octanol–water partition coefficient (Wildman–Crippen LogP) is 12.3. The molecular formula is C50H54P2. The zero-order chi connectivity index (χ0) is 36.3. The Kier molecular flexibility index (Phi) is 9.56. The van der Waals surface area contributed by atoms with E-state index < -0.39 is 15.8 Å². The molecule has 4 aromatic carbocycles. The molecule has 1 heterocycles. The lowest BCUT2D eigenvalue weighted by Gasteiger charge is -2.33. The molecule has 0 radical (unpaired) electrons. The smallest absolute Gasteiger partial charge is 0.0211 e. The molecule has 52 heavy (non-hydrogen) atoms. The van der Waals surface area contributed by atoms with E-state index in [-0.39, 0.29) is 11.3 Å². The van der Waals surface area contributed by atoms with Gasteiger partial charge in [-0.3, -0.25) is 0 Å². The van der Waals surface area contributed by atoms with Crippen LogP contribution < -0.4 is 21.2 Å². The second-order valence-electron chi connectivity index (χ2n) is 16.3. The van der Waals surface area contributed by atoms with Crippen molar-refractivity contribution in [2.75, 3.05) is 0 Å². The molecule has 8 rings (SSSR count). The van der Waals surface area contributed by atoms with Gasteiger partial charge in [-0.25, -0.2) is 0 Å². The molecular weight excluding hydrogens is 662 g/mol. The Hall–Kier alpha value is -3.56. The van der Waals surface area contributed by atoms with Gasteiger partial charge in [-0.05, 0) is 169 Å². The molecule has 6 bridgehead atoms. The summed E-state index contributed by atoms with van der Waals surface area (Å²) >= 11 is 0. The molecule has 4 atom stereocenters. The van der Waals surface area contributed by atoms with Crippen LogP contribution in [0.1, 0.15) is 103 Å². The van der Waals surface area contributed by atoms with Gasteiger partial charge in [0.15, 0.2) is 0 Å². The summed E-state index contributed by atoms with van der Waals surface area (Å²) in [5.41, 5.74) is 16.3. The molecule has 264 valence electrons. The van der Waals surface area contributed by atoms with Crippen molar-refractivity contribution in [3.05, 3.63) is 175 Å². The van der Waals surface area contributed by atoms with Crippen molar-refractivity contribution < 1.29 is 0 Å². The quantitative estimate of drug-likeness (QED) is 0.185. The van der Waals surface area contributed by atoms with Gasteiger partial charge in [0, 0.05) is 5.41 Å². The third-order valence-corrected chi connectivity index (χ3v) is 17.0. The zero-order valence-corrected chi connectivity index (χ0v) is 34.3. The van der Waals surface area contributed by atoms with Crippen molar-refractivity contribution in [3.63, 3.8) is 0 Å². The molecule has 3 unspecified atom stereocenters. The number of aryl methyl sites for hydroxylation is 6. The number of benzene rings is 4. The summed E-state index contributed by atoms with van der Waals surface area (Å²) in [7, 11) is -1.45. The van der Waals surface area contributed by atoms with Crippen molar-refractivity contribution in [3.8, 4) is 0 Å². The SMILES string of the molecule is C\C=C(C)/C=C1\C=C\C(C)c2cc(C)cc(c2)P(c2cc(C)cc(C)c2)C2=CC3=C(CC2)CC[C@@]32CCc3ccc(cc32)P1c1cc(C)cc(C)c1. The van der Waals surface area contributed by atoms with Crippen LogP contribution in [0.15, 0.2) is 131 Å². The van der Waals surface area contributed by atoms with Gasteiger partial charge in [-0.15, -0.1) is 0 Å². The first kappa shape index (κ1) is 35.5. The summed E-state index contributed by atoms with van der Waals surface area (Å²) in [6.45, 7) is 18.2. The third-order valence-electron chi connectivity index (χ3n) is 12.2. The topological polar surface area (TPSA) is 0 Å². The van der Waals surface area contributed by atoms with E-state index in [4.69, 9.17) is 0 Å². The van der Waals surface area contributed by atoms with Crippen LogP contribution in [-0.2, 0) is 11.8 Å². The molecule has 0 saturated heterocycles. The second-order valence-corrected chi connectivity index (χ2v) is 20.8. The Labute approximate surface area is 316 Å². The van der Waals surface area contributed by atoms with Gasteiger partial charge in [0.05, 0.1) is 0 Å². The van der Waals surface area contributed by atoms with Crippen LogP contribution in [0.3, 0.4) is 0 Å². The lowest BCUT2D eigenvalue weighted by atomic mass is 9.74. The van der Waals surface area contributed by atoms with Crippen molar-refractivity contribution in [2.24, 2.45) is 0 Å². The minimum Gasteiger partial charge on any atom is -0.0847 e. The predicted molar refractivity (Wildman–Crippen MR) is 230 cm³/mol. The molecule has 0 N–H and O–H groups in total. The highest BCUT2D eigenvalue weighted by Crippen LogP contribution is 2.60. The molecule has 1 spiro atoms. The summed E-state index contributed by atoms with van der Waals surface area (Å²) in [5.74, 6) is 0.283. The summed E-state index contributed by atoms with van der Waals surface area (Å²) in [6.07, 6.45) is 19.8. The van der Waals surface area contributed by atoms with Crippen LogP contribution in [0.25, 0.3) is 0 Å². The number of rotatable bonds is 3. The molecule has 3 aliphatic carbocycles. The van der Waals surface area contributed by atoms with E-state index in [2.05, 4.69) is 159 Å². The van der Waals surface area contributed by atoms with Gasteiger partial charge in [0.25, 0.3) is 0 Å². The maximum atomic E-state index is 2.77. The van der Waals surface area contributed by atoms with Gasteiger partial charge < -0.3 is 0 Å². The number of hydrogen-bond donors (Lipinski definition) is 0. The van der Waals surface area contributed by atoms with Crippen molar-refractivity contribution in [1.82, 2.24) is 0 Å². The van der Waals surface area contributed by atoms with Crippen LogP contribution in [0.5, 0.6) is 0 Å². The van der Waals surface area contributed by atoms with Crippen LogP contribution >= 0.6 is 15.8 Å². The van der Waals surface area contributed by atoms with Crippen molar-refractivity contribution in [2.45, 2.75) is 105 Å². The van der Waals surface area contributed by atoms with E-state index in [9.17, 15) is 0 Å². The van der Waals surface area contributed by atoms with E-state index in [1.165, 1.54) is 104 Å². The standard InChI is InChI=1S/C50H54P2/c1-9-32(2)23-42-13-10-38(8)41-22-37(7)28-47(29-41)52(46-26-35(5)21-36(6)27-46)44-15-12-40-17-19-50(49(40)31-44)18-16-39-11-14-43(30-48(39)50)51(42)45-24-33(3)20-34(4)25-45/h9-11,13-14,20-31,38H,12,15-19H2,1-8H3/b13-10+,32-9-,42-23+/t38?,50-,51?,52?/m1/s1. The minimum absolute atomic E-state index is 0.127. The fraction of sp³-hybridized carbons (Fsp3) is 0.320. The largest absolute Gasteiger partial charge is 0.0847 e. The highest BCUT2D eigenvalue weighted by molar-refractivity contribution is 7.77. The van der Waals surface area contributed by atoms with E-state index in [0.717, 1.165) is 0 Å². The summed E-state index contributed by atoms with van der Waals surface area (Å²) in [6, 6.07) is 29.8. The Bertz CT molecular complexity index is 2210. The van der Waals surface area contributed by atoms with Gasteiger partial charge in [-0.1, -0.05) is 143 Å². The monoisotopic (exact) mass is 716 g/mol. The summed E-state index contributed by atoms with van der Waals surface area (Å²) in [4.78, 5) is 0. The molecule has 0 nitrogen and oxygen atoms in total. The van der Waals surface area contributed by atoms with Gasteiger partial charge in [0.1, 0.15) is 0 Å². The lowest BCUT2D eigenvalue weighted by Crippen LogP contribution is -2.25. The number of hydrogen-bond acceptors (Lipinski definition) is 0. The fourth-order valence-corrected chi connectivity index (χ4v) is 15.1. The van der Waals surface area contributed by atoms with Crippen LogP contribution in [0.2, 0.25) is 0 Å². The van der Waals surface area contributed by atoms with E-state index in [1.807, 2.05) is 0 Å². The first-order valence-corrected chi connectivity index (χ1v) is 22.2. The molecule has 1 aliphatic heterocycles. The molecule has 4 aromatic rings. The lowest BCUT2D eigenvalue weighted by molar-refractivity contribution is 0.502. The van der Waals surface area contributed by atoms with E-state index in [1.54, 1.807) is 27.6 Å². The normalized spacial score (nSPS) is 25.5. The zero-order valence-electron chi connectivity index (χ0n) is 32.5. The first-order valence-electron chi connectivity index (χ1n) is 19.5. The molecule has 0 fully saturated rings. The van der Waals surface area contributed by atoms with Crippen molar-refractivity contribution in [1.29, 1.82) is 0 Å². The molecule has 0 saturated carbocycles. The van der Waals surface area contributed by atoms with Crippen LogP contribution in [-0.4, -0.2) is 0 Å². The van der Waals surface area contributed by atoms with E-state index in [0.29, 0.717) is 0 Å². The molecule has 2 heteroatoms. The Morgan fingerprint density at radius 1 is 0.673 bits per heavy atom. The first-order chi connectivity index (χ1) is 25.0. The Balaban J connectivity index is 1.42. The van der Waals surface area contributed by atoms with Crippen molar-refractivity contribution >= 4 is 37.1 Å². The molecule has 0 amide bonds. The van der Waals surface area contributed by atoms with Gasteiger partial charge in [0.2, 0.25) is 0 Å². The van der Waals surface area contributed by atoms with Crippen LogP contribution in [0.4, 0.5) is 0 Å². The molecule has 0 aromatic heterocycles. The number of allylic oxidation sites excluding steroid dienone is 10. The summed E-state index contributed by atoms with van der Waals surface area (Å²) in [5, 5.41) is 9.06. The third kappa shape index (κ3) is 6.50. The maximum absolute atomic E-state index is 2.77. The molecule has 4 aliphatic rings. The minimum atomic E-state index is -0.784. The van der Waals surface area contributed by atoms with Crippen LogP contribution in [0, 0.1) is 34.6 Å². The highest BCUT2D eigenvalue weighted by Gasteiger charge is 2.47. The average molecular weight is 717 g/mol. The highest BCUT2D eigenvalue weighted by atomic mass is 31.1.